The molecule has 11 heavy (non-hydrogen) atoms. The number of carbonyl (C=O) groups excluding carboxylic acids is 1. The van der Waals surface area contributed by atoms with E-state index in [1.807, 2.05) is 0 Å². The molecule has 0 aromatic carbocycles. The SMILES string of the molecule is CCOC(=O)C(F)C(F)(F)F. The van der Waals surface area contributed by atoms with Gasteiger partial charge in [-0.2, -0.15) is 13.2 Å². The van der Waals surface area contributed by atoms with Crippen LogP contribution in [0.5, 0.6) is 0 Å². The largest absolute Gasteiger partial charge is 0.464 e. The predicted octanol–water partition coefficient (Wildman–Crippen LogP) is 1.45. The van der Waals surface area contributed by atoms with Crippen LogP contribution in [0.2, 0.25) is 0 Å². The van der Waals surface area contributed by atoms with Gasteiger partial charge < -0.3 is 4.74 Å². The number of esters is 1. The molecule has 0 radical (unpaired) electrons. The van der Waals surface area contributed by atoms with E-state index in [9.17, 15) is 22.4 Å². The maximum Gasteiger partial charge on any atom is 0.430 e. The maximum atomic E-state index is 11.9. The van der Waals surface area contributed by atoms with Gasteiger partial charge in [0.25, 0.3) is 6.17 Å². The standard InChI is InChI=1S/C5H6F4O2/c1-2-11-4(10)3(6)5(7,8)9/h3H,2H2,1H3. The Bertz CT molecular complexity index is 142. The summed E-state index contributed by atoms with van der Waals surface area (Å²) in [5.41, 5.74) is 0. The van der Waals surface area contributed by atoms with Crippen molar-refractivity contribution in [2.75, 3.05) is 6.61 Å². The predicted molar refractivity (Wildman–Crippen MR) is 27.6 cm³/mol. The average molecular weight is 174 g/mol. The molecule has 66 valence electrons. The van der Waals surface area contributed by atoms with Gasteiger partial charge in [-0.3, -0.25) is 0 Å². The Labute approximate surface area is 60.1 Å². The highest BCUT2D eigenvalue weighted by Crippen LogP contribution is 2.23. The molecule has 0 aliphatic rings. The van der Waals surface area contributed by atoms with E-state index in [2.05, 4.69) is 4.74 Å². The van der Waals surface area contributed by atoms with Crippen LogP contribution in [0.1, 0.15) is 6.92 Å². The van der Waals surface area contributed by atoms with E-state index in [1.165, 1.54) is 6.92 Å². The smallest absolute Gasteiger partial charge is 0.430 e. The summed E-state index contributed by atoms with van der Waals surface area (Å²) in [5.74, 6) is -1.89. The van der Waals surface area contributed by atoms with Gasteiger partial charge in [-0.25, -0.2) is 9.18 Å². The molecule has 0 aromatic rings. The minimum Gasteiger partial charge on any atom is -0.464 e. The fraction of sp³-hybridized carbons (Fsp3) is 0.800. The zero-order valence-corrected chi connectivity index (χ0v) is 5.61. The van der Waals surface area contributed by atoms with Crippen LogP contribution in [-0.2, 0) is 9.53 Å². The van der Waals surface area contributed by atoms with Crippen LogP contribution in [0.4, 0.5) is 17.6 Å². The molecule has 0 aliphatic carbocycles. The second kappa shape index (κ2) is 3.54. The minimum atomic E-state index is -5.16. The normalized spacial score (nSPS) is 14.3. The van der Waals surface area contributed by atoms with Crippen molar-refractivity contribution in [2.24, 2.45) is 0 Å². The fourth-order valence-electron chi connectivity index (χ4n) is 0.349. The van der Waals surface area contributed by atoms with Crippen LogP contribution in [0.25, 0.3) is 0 Å². The summed E-state index contributed by atoms with van der Waals surface area (Å²) in [6.45, 7) is 1.02. The third-order valence-corrected chi connectivity index (χ3v) is 0.781. The number of hydrogen-bond donors (Lipinski definition) is 0. The first kappa shape index (κ1) is 10.2. The van der Waals surface area contributed by atoms with Crippen molar-refractivity contribution in [3.05, 3.63) is 0 Å². The summed E-state index contributed by atoms with van der Waals surface area (Å²) < 4.78 is 49.7. The lowest BCUT2D eigenvalue weighted by Crippen LogP contribution is -2.33. The number of alkyl halides is 4. The van der Waals surface area contributed by atoms with Gasteiger partial charge in [-0.15, -0.1) is 0 Å². The zero-order chi connectivity index (χ0) is 9.07. The molecule has 0 bridgehead atoms. The highest BCUT2D eigenvalue weighted by atomic mass is 19.4. The van der Waals surface area contributed by atoms with Crippen molar-refractivity contribution in [2.45, 2.75) is 19.3 Å². The Balaban J connectivity index is 4.03. The third-order valence-electron chi connectivity index (χ3n) is 0.781. The van der Waals surface area contributed by atoms with Crippen molar-refractivity contribution < 1.29 is 27.1 Å². The monoisotopic (exact) mass is 174 g/mol. The van der Waals surface area contributed by atoms with Crippen molar-refractivity contribution in [3.63, 3.8) is 0 Å². The van der Waals surface area contributed by atoms with Gasteiger partial charge in [-0.1, -0.05) is 0 Å². The van der Waals surface area contributed by atoms with E-state index >= 15 is 0 Å². The molecule has 0 saturated carbocycles. The minimum absolute atomic E-state index is 0.269. The molecule has 0 spiro atoms. The summed E-state index contributed by atoms with van der Waals surface area (Å²) in [6.07, 6.45) is -8.69. The van der Waals surface area contributed by atoms with E-state index in [0.717, 1.165) is 0 Å². The topological polar surface area (TPSA) is 26.3 Å². The van der Waals surface area contributed by atoms with Crippen LogP contribution in [-0.4, -0.2) is 24.9 Å². The van der Waals surface area contributed by atoms with Crippen molar-refractivity contribution in [1.29, 1.82) is 0 Å². The van der Waals surface area contributed by atoms with Crippen molar-refractivity contribution >= 4 is 5.97 Å². The van der Waals surface area contributed by atoms with Crippen molar-refractivity contribution in [1.82, 2.24) is 0 Å². The van der Waals surface area contributed by atoms with Crippen molar-refractivity contribution in [3.8, 4) is 0 Å². The fourth-order valence-corrected chi connectivity index (χ4v) is 0.349. The van der Waals surface area contributed by atoms with Crippen LogP contribution in [0.3, 0.4) is 0 Å². The Morgan fingerprint density at radius 2 is 2.00 bits per heavy atom. The van der Waals surface area contributed by atoms with Crippen LogP contribution in [0, 0.1) is 0 Å². The number of hydrogen-bond acceptors (Lipinski definition) is 2. The number of carbonyl (C=O) groups is 1. The Morgan fingerprint density at radius 1 is 1.55 bits per heavy atom. The molecule has 1 atom stereocenters. The molecule has 0 N–H and O–H groups in total. The van der Waals surface area contributed by atoms with Gasteiger partial charge in [0, 0.05) is 0 Å². The molecule has 0 heterocycles. The number of halogens is 4. The molecule has 0 amide bonds. The van der Waals surface area contributed by atoms with Gasteiger partial charge in [-0.05, 0) is 6.92 Å². The third kappa shape index (κ3) is 3.20. The van der Waals surface area contributed by atoms with Gasteiger partial charge in [0.05, 0.1) is 6.61 Å². The number of rotatable bonds is 2. The summed E-state index contributed by atoms with van der Waals surface area (Å²) in [4.78, 5) is 10.1. The highest BCUT2D eigenvalue weighted by molar-refractivity contribution is 5.75. The summed E-state index contributed by atoms with van der Waals surface area (Å²) >= 11 is 0. The lowest BCUT2D eigenvalue weighted by Gasteiger charge is -2.09. The molecule has 6 heteroatoms. The summed E-state index contributed by atoms with van der Waals surface area (Å²) in [5, 5.41) is 0. The molecular formula is C5H6F4O2. The first-order valence-electron chi connectivity index (χ1n) is 2.77. The Kier molecular flexibility index (Phi) is 3.28. The van der Waals surface area contributed by atoms with E-state index < -0.39 is 18.3 Å². The van der Waals surface area contributed by atoms with E-state index in [-0.39, 0.29) is 6.61 Å². The van der Waals surface area contributed by atoms with Crippen LogP contribution < -0.4 is 0 Å². The molecular weight excluding hydrogens is 168 g/mol. The lowest BCUT2D eigenvalue weighted by atomic mass is 10.4. The van der Waals surface area contributed by atoms with Gasteiger partial charge >= 0.3 is 12.1 Å². The van der Waals surface area contributed by atoms with E-state index in [1.54, 1.807) is 0 Å². The molecule has 0 rings (SSSR count). The maximum absolute atomic E-state index is 11.9. The number of ether oxygens (including phenoxy) is 1. The molecule has 0 saturated heterocycles. The molecule has 1 unspecified atom stereocenters. The Morgan fingerprint density at radius 3 is 2.27 bits per heavy atom. The average Bonchev–Trinajstić information content (AvgIpc) is 1.85. The first-order valence-corrected chi connectivity index (χ1v) is 2.77. The molecule has 0 aliphatic heterocycles. The molecule has 0 fully saturated rings. The van der Waals surface area contributed by atoms with Gasteiger partial charge in [0.15, 0.2) is 0 Å². The second-order valence-corrected chi connectivity index (χ2v) is 1.66. The first-order chi connectivity index (χ1) is 4.89. The quantitative estimate of drug-likeness (QED) is 0.467. The zero-order valence-electron chi connectivity index (χ0n) is 5.61. The summed E-state index contributed by atoms with van der Waals surface area (Å²) in [7, 11) is 0. The second-order valence-electron chi connectivity index (χ2n) is 1.66. The van der Waals surface area contributed by atoms with Gasteiger partial charge in [0.2, 0.25) is 0 Å². The molecule has 2 nitrogen and oxygen atoms in total. The van der Waals surface area contributed by atoms with E-state index in [4.69, 9.17) is 0 Å². The lowest BCUT2D eigenvalue weighted by molar-refractivity contribution is -0.200. The van der Waals surface area contributed by atoms with Crippen LogP contribution in [0.15, 0.2) is 0 Å². The summed E-state index contributed by atoms with van der Waals surface area (Å²) in [6, 6.07) is 0. The van der Waals surface area contributed by atoms with E-state index in [0.29, 0.717) is 0 Å². The van der Waals surface area contributed by atoms with Gasteiger partial charge in [0.1, 0.15) is 0 Å². The van der Waals surface area contributed by atoms with Crippen LogP contribution >= 0.6 is 0 Å². The molecule has 0 aromatic heterocycles. The Hall–Kier alpha value is -0.810. The highest BCUT2D eigenvalue weighted by Gasteiger charge is 2.46.